The zero-order valence-electron chi connectivity index (χ0n) is 10.2. The van der Waals surface area contributed by atoms with E-state index in [2.05, 4.69) is 16.9 Å². The van der Waals surface area contributed by atoms with Gasteiger partial charge < -0.3 is 4.90 Å². The average molecular weight is 221 g/mol. The second-order valence-corrected chi connectivity index (χ2v) is 4.49. The van der Waals surface area contributed by atoms with Crippen LogP contribution < -0.4 is 4.90 Å². The van der Waals surface area contributed by atoms with E-state index in [9.17, 15) is 4.79 Å². The molecule has 0 amide bonds. The predicted molar refractivity (Wildman–Crippen MR) is 64.0 cm³/mol. The highest BCUT2D eigenvalue weighted by atomic mass is 16.1. The van der Waals surface area contributed by atoms with E-state index < -0.39 is 0 Å². The summed E-state index contributed by atoms with van der Waals surface area (Å²) in [5, 5.41) is 4.34. The lowest BCUT2D eigenvalue weighted by atomic mass is 10.2. The molecule has 4 heteroatoms. The Morgan fingerprint density at radius 1 is 1.56 bits per heavy atom. The van der Waals surface area contributed by atoms with E-state index in [1.54, 1.807) is 0 Å². The van der Waals surface area contributed by atoms with Gasteiger partial charge in [-0.25, -0.2) is 0 Å². The fourth-order valence-corrected chi connectivity index (χ4v) is 2.23. The Bertz CT molecular complexity index is 393. The largest absolute Gasteiger partial charge is 0.353 e. The van der Waals surface area contributed by atoms with E-state index in [0.717, 1.165) is 36.3 Å². The first-order valence-corrected chi connectivity index (χ1v) is 5.94. The summed E-state index contributed by atoms with van der Waals surface area (Å²) in [7, 11) is 1.92. The molecule has 0 unspecified atom stereocenters. The predicted octanol–water partition coefficient (Wildman–Crippen LogP) is 1.92. The fraction of sp³-hybridized carbons (Fsp3) is 0.667. The van der Waals surface area contributed by atoms with E-state index in [-0.39, 0.29) is 0 Å². The maximum absolute atomic E-state index is 11.1. The first-order chi connectivity index (χ1) is 7.69. The number of carbonyl (C=O) groups excluding carboxylic acids is 1. The maximum Gasteiger partial charge on any atom is 0.155 e. The fourth-order valence-electron chi connectivity index (χ4n) is 2.23. The molecule has 0 saturated heterocycles. The van der Waals surface area contributed by atoms with Crippen LogP contribution in [0, 0.1) is 6.92 Å². The van der Waals surface area contributed by atoms with Crippen LogP contribution in [0.5, 0.6) is 0 Å². The van der Waals surface area contributed by atoms with Crippen molar-refractivity contribution >= 4 is 12.1 Å². The Morgan fingerprint density at radius 2 is 2.25 bits per heavy atom. The number of hydrogen-bond acceptors (Lipinski definition) is 3. The standard InChI is InChI=1S/C12H19N3O/c1-4-7-15(10-5-6-10)12-11(8-16)9(2)13-14(12)3/h8,10H,4-7H2,1-3H3. The van der Waals surface area contributed by atoms with Crippen LogP contribution in [-0.2, 0) is 7.05 Å². The molecule has 1 fully saturated rings. The van der Waals surface area contributed by atoms with Crippen molar-refractivity contribution in [3.05, 3.63) is 11.3 Å². The minimum Gasteiger partial charge on any atom is -0.353 e. The first-order valence-electron chi connectivity index (χ1n) is 5.94. The van der Waals surface area contributed by atoms with E-state index in [1.807, 2.05) is 18.7 Å². The van der Waals surface area contributed by atoms with E-state index in [0.29, 0.717) is 6.04 Å². The molecule has 0 spiro atoms. The van der Waals surface area contributed by atoms with E-state index in [1.165, 1.54) is 12.8 Å². The van der Waals surface area contributed by atoms with E-state index >= 15 is 0 Å². The monoisotopic (exact) mass is 221 g/mol. The number of rotatable bonds is 5. The van der Waals surface area contributed by atoms with Gasteiger partial charge in [0.25, 0.3) is 0 Å². The summed E-state index contributed by atoms with van der Waals surface area (Å²) in [6, 6.07) is 0.619. The summed E-state index contributed by atoms with van der Waals surface area (Å²) in [5.74, 6) is 0.997. The van der Waals surface area contributed by atoms with Crippen molar-refractivity contribution in [3.8, 4) is 0 Å². The second kappa shape index (κ2) is 4.28. The van der Waals surface area contributed by atoms with Crippen LogP contribution in [0.1, 0.15) is 42.2 Å². The molecule has 0 aliphatic heterocycles. The van der Waals surface area contributed by atoms with Crippen LogP contribution in [0.25, 0.3) is 0 Å². The highest BCUT2D eigenvalue weighted by Gasteiger charge is 2.32. The Morgan fingerprint density at radius 3 is 2.75 bits per heavy atom. The van der Waals surface area contributed by atoms with Gasteiger partial charge in [0, 0.05) is 19.6 Å². The van der Waals surface area contributed by atoms with Crippen molar-refractivity contribution in [1.29, 1.82) is 0 Å². The van der Waals surface area contributed by atoms with E-state index in [4.69, 9.17) is 0 Å². The van der Waals surface area contributed by atoms with Gasteiger partial charge >= 0.3 is 0 Å². The summed E-state index contributed by atoms with van der Waals surface area (Å²) in [6.45, 7) is 5.06. The molecular weight excluding hydrogens is 202 g/mol. The van der Waals surface area contributed by atoms with Crippen molar-refractivity contribution in [1.82, 2.24) is 9.78 Å². The summed E-state index contributed by atoms with van der Waals surface area (Å²) in [5.41, 5.74) is 1.58. The van der Waals surface area contributed by atoms with Crippen molar-refractivity contribution in [2.45, 2.75) is 39.2 Å². The van der Waals surface area contributed by atoms with Gasteiger partial charge in [0.05, 0.1) is 11.3 Å². The first kappa shape index (κ1) is 11.2. The van der Waals surface area contributed by atoms with Crippen LogP contribution in [0.4, 0.5) is 5.82 Å². The zero-order valence-corrected chi connectivity index (χ0v) is 10.2. The molecule has 0 bridgehead atoms. The van der Waals surface area contributed by atoms with Crippen LogP contribution in [0.2, 0.25) is 0 Å². The van der Waals surface area contributed by atoms with Crippen LogP contribution in [0.15, 0.2) is 0 Å². The summed E-state index contributed by atoms with van der Waals surface area (Å²) >= 11 is 0. The molecule has 1 saturated carbocycles. The Hall–Kier alpha value is -1.32. The van der Waals surface area contributed by atoms with Crippen molar-refractivity contribution in [2.75, 3.05) is 11.4 Å². The molecule has 0 atom stereocenters. The third-order valence-electron chi connectivity index (χ3n) is 3.08. The van der Waals surface area contributed by atoms with Gasteiger partial charge in [-0.15, -0.1) is 0 Å². The van der Waals surface area contributed by atoms with Gasteiger partial charge in [-0.2, -0.15) is 5.10 Å². The van der Waals surface area contributed by atoms with Crippen molar-refractivity contribution in [2.24, 2.45) is 7.05 Å². The topological polar surface area (TPSA) is 38.1 Å². The SMILES string of the molecule is CCCN(c1c(C=O)c(C)nn1C)C1CC1. The van der Waals surface area contributed by atoms with Crippen molar-refractivity contribution in [3.63, 3.8) is 0 Å². The van der Waals surface area contributed by atoms with Gasteiger partial charge in [-0.3, -0.25) is 9.48 Å². The molecule has 1 heterocycles. The van der Waals surface area contributed by atoms with Gasteiger partial charge in [-0.05, 0) is 26.2 Å². The third-order valence-corrected chi connectivity index (χ3v) is 3.08. The lowest BCUT2D eigenvalue weighted by Crippen LogP contribution is -2.29. The third kappa shape index (κ3) is 1.84. The highest BCUT2D eigenvalue weighted by Crippen LogP contribution is 2.33. The molecule has 1 aliphatic rings. The van der Waals surface area contributed by atoms with Crippen LogP contribution >= 0.6 is 0 Å². The normalized spacial score (nSPS) is 15.2. The molecule has 2 rings (SSSR count). The lowest BCUT2D eigenvalue weighted by Gasteiger charge is -2.24. The molecule has 16 heavy (non-hydrogen) atoms. The molecule has 0 radical (unpaired) electrons. The Labute approximate surface area is 96.2 Å². The highest BCUT2D eigenvalue weighted by molar-refractivity contribution is 5.85. The molecule has 0 N–H and O–H groups in total. The number of anilines is 1. The molecule has 4 nitrogen and oxygen atoms in total. The number of aldehydes is 1. The minimum absolute atomic E-state index is 0.619. The van der Waals surface area contributed by atoms with Gasteiger partial charge in [-0.1, -0.05) is 6.92 Å². The molecule has 1 aromatic rings. The molecule has 0 aromatic carbocycles. The summed E-state index contributed by atoms with van der Waals surface area (Å²) in [4.78, 5) is 13.5. The number of nitrogens with zero attached hydrogens (tertiary/aromatic N) is 3. The summed E-state index contributed by atoms with van der Waals surface area (Å²) < 4.78 is 1.84. The average Bonchev–Trinajstić information content (AvgIpc) is 3.02. The lowest BCUT2D eigenvalue weighted by molar-refractivity contribution is 0.112. The zero-order chi connectivity index (χ0) is 11.7. The Kier molecular flexibility index (Phi) is 2.99. The molecule has 1 aliphatic carbocycles. The molecular formula is C12H19N3O. The molecule has 1 aromatic heterocycles. The smallest absolute Gasteiger partial charge is 0.155 e. The second-order valence-electron chi connectivity index (χ2n) is 4.49. The van der Waals surface area contributed by atoms with Crippen LogP contribution in [-0.4, -0.2) is 28.7 Å². The van der Waals surface area contributed by atoms with Crippen LogP contribution in [0.3, 0.4) is 0 Å². The number of aromatic nitrogens is 2. The molecule has 88 valence electrons. The number of carbonyl (C=O) groups is 1. The van der Waals surface area contributed by atoms with Gasteiger partial charge in [0.1, 0.15) is 5.82 Å². The quantitative estimate of drug-likeness (QED) is 0.713. The van der Waals surface area contributed by atoms with Gasteiger partial charge in [0.2, 0.25) is 0 Å². The summed E-state index contributed by atoms with van der Waals surface area (Å²) in [6.07, 6.45) is 4.51. The number of aryl methyl sites for hydroxylation is 2. The van der Waals surface area contributed by atoms with Crippen molar-refractivity contribution < 1.29 is 4.79 Å². The minimum atomic E-state index is 0.619. The number of hydrogen-bond donors (Lipinski definition) is 0. The Balaban J connectivity index is 2.38. The maximum atomic E-state index is 11.1. The van der Waals surface area contributed by atoms with Gasteiger partial charge in [0.15, 0.2) is 6.29 Å².